The van der Waals surface area contributed by atoms with Gasteiger partial charge in [-0.3, -0.25) is 0 Å². The molecule has 0 fully saturated rings. The zero-order valence-corrected chi connectivity index (χ0v) is 13.5. The Morgan fingerprint density at radius 2 is 1.52 bits per heavy atom. The Bertz CT molecular complexity index is 823. The van der Waals surface area contributed by atoms with Crippen molar-refractivity contribution in [3.05, 3.63) is 59.8 Å². The van der Waals surface area contributed by atoms with E-state index < -0.39 is 0 Å². The smallest absolute Gasteiger partial charge is 0.161 e. The van der Waals surface area contributed by atoms with Crippen molar-refractivity contribution in [2.75, 3.05) is 14.2 Å². The highest BCUT2D eigenvalue weighted by molar-refractivity contribution is 6.29. The van der Waals surface area contributed by atoms with Crippen LogP contribution in [0, 0.1) is 0 Å². The van der Waals surface area contributed by atoms with Gasteiger partial charge in [-0.1, -0.05) is 41.9 Å². The molecular formula is C18H15ClN2O2. The van der Waals surface area contributed by atoms with Crippen molar-refractivity contribution in [1.82, 2.24) is 9.97 Å². The lowest BCUT2D eigenvalue weighted by Crippen LogP contribution is -1.95. The van der Waals surface area contributed by atoms with Crippen LogP contribution >= 0.6 is 11.6 Å². The Hall–Kier alpha value is -2.59. The van der Waals surface area contributed by atoms with Gasteiger partial charge in [-0.2, -0.15) is 0 Å². The average Bonchev–Trinajstić information content (AvgIpc) is 2.61. The third-order valence-corrected chi connectivity index (χ3v) is 3.60. The van der Waals surface area contributed by atoms with Crippen LogP contribution in [0.4, 0.5) is 0 Å². The predicted molar refractivity (Wildman–Crippen MR) is 91.0 cm³/mol. The number of ether oxygens (including phenoxy) is 2. The molecule has 3 rings (SSSR count). The fraction of sp³-hybridized carbons (Fsp3) is 0.111. The van der Waals surface area contributed by atoms with Crippen LogP contribution in [0.1, 0.15) is 0 Å². The van der Waals surface area contributed by atoms with Gasteiger partial charge in [-0.25, -0.2) is 9.97 Å². The molecule has 0 bridgehead atoms. The van der Waals surface area contributed by atoms with Crippen LogP contribution in [0.5, 0.6) is 11.5 Å². The minimum Gasteiger partial charge on any atom is -0.493 e. The normalized spacial score (nSPS) is 10.4. The van der Waals surface area contributed by atoms with E-state index in [1.807, 2.05) is 48.5 Å². The monoisotopic (exact) mass is 326 g/mol. The van der Waals surface area contributed by atoms with E-state index in [0.717, 1.165) is 16.8 Å². The summed E-state index contributed by atoms with van der Waals surface area (Å²) in [5.74, 6) is 1.81. The van der Waals surface area contributed by atoms with Crippen molar-refractivity contribution >= 4 is 11.6 Å². The SMILES string of the molecule is COc1ccc(-c2nc(Cl)cc(-c3ccccc3)n2)cc1OC. The molecule has 1 heterocycles. The molecular weight excluding hydrogens is 312 g/mol. The van der Waals surface area contributed by atoms with Crippen LogP contribution in [0.2, 0.25) is 5.15 Å². The second-order valence-corrected chi connectivity index (χ2v) is 5.22. The van der Waals surface area contributed by atoms with Crippen molar-refractivity contribution in [2.24, 2.45) is 0 Å². The molecule has 0 aliphatic carbocycles. The van der Waals surface area contributed by atoms with E-state index in [0.29, 0.717) is 22.5 Å². The van der Waals surface area contributed by atoms with Crippen LogP contribution in [-0.4, -0.2) is 24.2 Å². The summed E-state index contributed by atoms with van der Waals surface area (Å²) in [6.07, 6.45) is 0. The van der Waals surface area contributed by atoms with Gasteiger partial charge >= 0.3 is 0 Å². The number of hydrogen-bond acceptors (Lipinski definition) is 4. The molecule has 1 aromatic heterocycles. The first-order chi connectivity index (χ1) is 11.2. The Morgan fingerprint density at radius 3 is 2.22 bits per heavy atom. The lowest BCUT2D eigenvalue weighted by atomic mass is 10.1. The third kappa shape index (κ3) is 3.27. The fourth-order valence-electron chi connectivity index (χ4n) is 2.28. The first kappa shape index (κ1) is 15.3. The second-order valence-electron chi connectivity index (χ2n) is 4.84. The highest BCUT2D eigenvalue weighted by Gasteiger charge is 2.11. The highest BCUT2D eigenvalue weighted by Crippen LogP contribution is 2.32. The molecule has 4 nitrogen and oxygen atoms in total. The maximum absolute atomic E-state index is 6.17. The summed E-state index contributed by atoms with van der Waals surface area (Å²) in [6, 6.07) is 17.1. The largest absolute Gasteiger partial charge is 0.493 e. The Labute approximate surface area is 139 Å². The van der Waals surface area contributed by atoms with E-state index in [1.54, 1.807) is 20.3 Å². The van der Waals surface area contributed by atoms with Gasteiger partial charge in [0.1, 0.15) is 5.15 Å². The zero-order valence-electron chi connectivity index (χ0n) is 12.8. The summed E-state index contributed by atoms with van der Waals surface area (Å²) >= 11 is 6.17. The number of halogens is 1. The molecule has 0 aliphatic rings. The minimum absolute atomic E-state index is 0.392. The van der Waals surface area contributed by atoms with Crippen LogP contribution in [0.15, 0.2) is 54.6 Å². The number of aromatic nitrogens is 2. The maximum Gasteiger partial charge on any atom is 0.161 e. The molecule has 116 valence electrons. The second kappa shape index (κ2) is 6.67. The lowest BCUT2D eigenvalue weighted by molar-refractivity contribution is 0.355. The van der Waals surface area contributed by atoms with E-state index in [2.05, 4.69) is 9.97 Å². The third-order valence-electron chi connectivity index (χ3n) is 3.41. The summed E-state index contributed by atoms with van der Waals surface area (Å²) in [4.78, 5) is 8.93. The van der Waals surface area contributed by atoms with Gasteiger partial charge in [0.25, 0.3) is 0 Å². The van der Waals surface area contributed by atoms with Crippen LogP contribution in [0.25, 0.3) is 22.6 Å². The van der Waals surface area contributed by atoms with Gasteiger partial charge in [0.2, 0.25) is 0 Å². The van der Waals surface area contributed by atoms with Crippen molar-refractivity contribution < 1.29 is 9.47 Å². The maximum atomic E-state index is 6.17. The number of benzene rings is 2. The molecule has 0 spiro atoms. The van der Waals surface area contributed by atoms with E-state index in [1.165, 1.54) is 0 Å². The zero-order chi connectivity index (χ0) is 16.2. The number of rotatable bonds is 4. The van der Waals surface area contributed by atoms with Crippen LogP contribution in [-0.2, 0) is 0 Å². The summed E-state index contributed by atoms with van der Waals surface area (Å²) in [6.45, 7) is 0. The Kier molecular flexibility index (Phi) is 4.44. The Morgan fingerprint density at radius 1 is 0.783 bits per heavy atom. The molecule has 0 aliphatic heterocycles. The van der Waals surface area contributed by atoms with E-state index in [4.69, 9.17) is 21.1 Å². The van der Waals surface area contributed by atoms with Gasteiger partial charge in [-0.05, 0) is 18.2 Å². The first-order valence-electron chi connectivity index (χ1n) is 7.03. The van der Waals surface area contributed by atoms with Gasteiger partial charge in [0.15, 0.2) is 17.3 Å². The molecule has 0 atom stereocenters. The van der Waals surface area contributed by atoms with E-state index in [9.17, 15) is 0 Å². The number of methoxy groups -OCH3 is 2. The van der Waals surface area contributed by atoms with Gasteiger partial charge in [0, 0.05) is 17.2 Å². The van der Waals surface area contributed by atoms with Crippen LogP contribution < -0.4 is 9.47 Å². The van der Waals surface area contributed by atoms with Crippen LogP contribution in [0.3, 0.4) is 0 Å². The van der Waals surface area contributed by atoms with E-state index in [-0.39, 0.29) is 0 Å². The quantitative estimate of drug-likeness (QED) is 0.663. The molecule has 23 heavy (non-hydrogen) atoms. The van der Waals surface area contributed by atoms with Gasteiger partial charge < -0.3 is 9.47 Å². The van der Waals surface area contributed by atoms with Gasteiger partial charge in [-0.15, -0.1) is 0 Å². The topological polar surface area (TPSA) is 44.2 Å². The Balaban J connectivity index is 2.09. The standard InChI is InChI=1S/C18H15ClN2O2/c1-22-15-9-8-13(10-16(15)23-2)18-20-14(11-17(19)21-18)12-6-4-3-5-7-12/h3-11H,1-2H3. The molecule has 0 amide bonds. The molecule has 5 heteroatoms. The number of hydrogen-bond donors (Lipinski definition) is 0. The molecule has 0 saturated heterocycles. The minimum atomic E-state index is 0.392. The molecule has 0 saturated carbocycles. The van der Waals surface area contributed by atoms with Crippen molar-refractivity contribution in [1.29, 1.82) is 0 Å². The summed E-state index contributed by atoms with van der Waals surface area (Å²) < 4.78 is 10.6. The van der Waals surface area contributed by atoms with Crippen molar-refractivity contribution in [2.45, 2.75) is 0 Å². The fourth-order valence-corrected chi connectivity index (χ4v) is 2.46. The summed E-state index contributed by atoms with van der Waals surface area (Å²) in [5.41, 5.74) is 2.57. The van der Waals surface area contributed by atoms with Crippen molar-refractivity contribution in [3.8, 4) is 34.1 Å². The summed E-state index contributed by atoms with van der Waals surface area (Å²) in [5, 5.41) is 0.392. The molecule has 0 N–H and O–H groups in total. The van der Waals surface area contributed by atoms with Crippen molar-refractivity contribution in [3.63, 3.8) is 0 Å². The first-order valence-corrected chi connectivity index (χ1v) is 7.41. The molecule has 2 aromatic carbocycles. The average molecular weight is 327 g/mol. The predicted octanol–water partition coefficient (Wildman–Crippen LogP) is 4.48. The molecule has 0 radical (unpaired) electrons. The number of nitrogens with zero attached hydrogens (tertiary/aromatic N) is 2. The lowest BCUT2D eigenvalue weighted by Gasteiger charge is -2.10. The molecule has 3 aromatic rings. The molecule has 0 unspecified atom stereocenters. The van der Waals surface area contributed by atoms with Gasteiger partial charge in [0.05, 0.1) is 19.9 Å². The van der Waals surface area contributed by atoms with E-state index >= 15 is 0 Å². The highest BCUT2D eigenvalue weighted by atomic mass is 35.5. The summed E-state index contributed by atoms with van der Waals surface area (Å²) in [7, 11) is 3.19.